The zero-order valence-electron chi connectivity index (χ0n) is 17.1. The van der Waals surface area contributed by atoms with Crippen LogP contribution in [0.2, 0.25) is 0 Å². The number of carbonyl (C=O) groups excluding carboxylic acids is 1. The van der Waals surface area contributed by atoms with Crippen LogP contribution >= 0.6 is 0 Å². The minimum atomic E-state index is -0.461. The fourth-order valence-electron chi connectivity index (χ4n) is 3.80. The molecule has 9 nitrogen and oxygen atoms in total. The highest BCUT2D eigenvalue weighted by molar-refractivity contribution is 5.92. The number of piperidine rings is 1. The summed E-state index contributed by atoms with van der Waals surface area (Å²) in [4.78, 5) is 25.5. The lowest BCUT2D eigenvalue weighted by Crippen LogP contribution is -2.48. The summed E-state index contributed by atoms with van der Waals surface area (Å²) in [6, 6.07) is 15.6. The number of nitrogens with zero attached hydrogens (tertiary/aromatic N) is 4. The molecule has 1 N–H and O–H groups in total. The minimum absolute atomic E-state index is 0.0193. The van der Waals surface area contributed by atoms with Gasteiger partial charge in [-0.25, -0.2) is 4.68 Å². The van der Waals surface area contributed by atoms with Crippen LogP contribution in [0.25, 0.3) is 5.69 Å². The zero-order chi connectivity index (χ0) is 21.8. The van der Waals surface area contributed by atoms with Gasteiger partial charge in [-0.2, -0.15) is 5.10 Å². The number of nitrogens with one attached hydrogen (secondary N) is 1. The standard InChI is InChI=1S/C22H23N5O4/c1-31-21-10-3-2-9-20(21)25-12-5-6-16(15-25)23-22(28)19-11-13-26(24-19)17-7-4-8-18(14-17)27(29)30/h2-4,7-11,13-14,16H,5-6,12,15H2,1H3,(H,23,28). The first-order valence-electron chi connectivity index (χ1n) is 10.0. The van der Waals surface area contributed by atoms with E-state index < -0.39 is 4.92 Å². The van der Waals surface area contributed by atoms with E-state index in [1.807, 2.05) is 24.3 Å². The maximum absolute atomic E-state index is 12.8. The Hall–Kier alpha value is -3.88. The number of para-hydroxylation sites is 2. The van der Waals surface area contributed by atoms with E-state index in [-0.39, 0.29) is 23.3 Å². The fourth-order valence-corrected chi connectivity index (χ4v) is 3.80. The zero-order valence-corrected chi connectivity index (χ0v) is 17.1. The highest BCUT2D eigenvalue weighted by Gasteiger charge is 2.24. The Kier molecular flexibility index (Phi) is 5.83. The van der Waals surface area contributed by atoms with Crippen LogP contribution < -0.4 is 15.0 Å². The molecule has 160 valence electrons. The van der Waals surface area contributed by atoms with Crippen molar-refractivity contribution in [3.05, 3.63) is 76.6 Å². The second-order valence-electron chi connectivity index (χ2n) is 7.35. The van der Waals surface area contributed by atoms with Crippen molar-refractivity contribution in [2.45, 2.75) is 18.9 Å². The van der Waals surface area contributed by atoms with Crippen molar-refractivity contribution in [3.8, 4) is 11.4 Å². The lowest BCUT2D eigenvalue weighted by molar-refractivity contribution is -0.384. The van der Waals surface area contributed by atoms with Gasteiger partial charge in [0.25, 0.3) is 11.6 Å². The summed E-state index contributed by atoms with van der Waals surface area (Å²) in [7, 11) is 1.65. The number of methoxy groups -OCH3 is 1. The maximum atomic E-state index is 12.8. The number of aromatic nitrogens is 2. The molecule has 4 rings (SSSR count). The number of ether oxygens (including phenoxy) is 1. The molecule has 0 aliphatic carbocycles. The van der Waals surface area contributed by atoms with Crippen LogP contribution in [0.5, 0.6) is 5.75 Å². The van der Waals surface area contributed by atoms with Gasteiger partial charge in [0.2, 0.25) is 0 Å². The van der Waals surface area contributed by atoms with Crippen LogP contribution in [0.3, 0.4) is 0 Å². The number of anilines is 1. The molecular formula is C22H23N5O4. The van der Waals surface area contributed by atoms with E-state index in [4.69, 9.17) is 4.74 Å². The van der Waals surface area contributed by atoms with Crippen LogP contribution in [0.4, 0.5) is 11.4 Å². The molecule has 0 spiro atoms. The molecule has 0 radical (unpaired) electrons. The molecule has 2 heterocycles. The van der Waals surface area contributed by atoms with Crippen molar-refractivity contribution in [2.75, 3.05) is 25.1 Å². The number of hydrogen-bond acceptors (Lipinski definition) is 6. The monoisotopic (exact) mass is 421 g/mol. The van der Waals surface area contributed by atoms with Crippen molar-refractivity contribution in [1.29, 1.82) is 0 Å². The summed E-state index contributed by atoms with van der Waals surface area (Å²) in [6.45, 7) is 1.58. The number of nitro groups is 1. The van der Waals surface area contributed by atoms with Gasteiger partial charge in [0, 0.05) is 37.5 Å². The molecule has 1 aliphatic heterocycles. The lowest BCUT2D eigenvalue weighted by atomic mass is 10.0. The highest BCUT2D eigenvalue weighted by atomic mass is 16.6. The van der Waals surface area contributed by atoms with E-state index in [0.717, 1.165) is 30.8 Å². The van der Waals surface area contributed by atoms with Crippen molar-refractivity contribution >= 4 is 17.3 Å². The van der Waals surface area contributed by atoms with Crippen molar-refractivity contribution in [2.24, 2.45) is 0 Å². The summed E-state index contributed by atoms with van der Waals surface area (Å²) < 4.78 is 6.93. The molecule has 1 aliphatic rings. The number of non-ortho nitro benzene ring substituents is 1. The lowest BCUT2D eigenvalue weighted by Gasteiger charge is -2.35. The topological polar surface area (TPSA) is 103 Å². The summed E-state index contributed by atoms with van der Waals surface area (Å²) in [5.41, 5.74) is 1.77. The Morgan fingerprint density at radius 1 is 1.23 bits per heavy atom. The number of amides is 1. The quantitative estimate of drug-likeness (QED) is 0.484. The predicted octanol–water partition coefficient (Wildman–Crippen LogP) is 3.19. The van der Waals surface area contributed by atoms with E-state index in [1.54, 1.807) is 31.5 Å². The minimum Gasteiger partial charge on any atom is -0.495 e. The van der Waals surface area contributed by atoms with Crippen LogP contribution in [-0.2, 0) is 0 Å². The Morgan fingerprint density at radius 2 is 2.06 bits per heavy atom. The number of carbonyl (C=O) groups is 1. The molecule has 3 aromatic rings. The molecule has 1 saturated heterocycles. The van der Waals surface area contributed by atoms with Gasteiger partial charge in [-0.1, -0.05) is 18.2 Å². The average molecular weight is 421 g/mol. The van der Waals surface area contributed by atoms with Gasteiger partial charge in [0.1, 0.15) is 5.75 Å². The highest BCUT2D eigenvalue weighted by Crippen LogP contribution is 2.30. The van der Waals surface area contributed by atoms with Gasteiger partial charge in [-0.3, -0.25) is 14.9 Å². The SMILES string of the molecule is COc1ccccc1N1CCCC(NC(=O)c2ccn(-c3cccc([N+](=O)[O-])c3)n2)C1. The molecule has 31 heavy (non-hydrogen) atoms. The molecule has 1 atom stereocenters. The maximum Gasteiger partial charge on any atom is 0.272 e. The predicted molar refractivity (Wildman–Crippen MR) is 116 cm³/mol. The van der Waals surface area contributed by atoms with E-state index in [0.29, 0.717) is 12.2 Å². The second kappa shape index (κ2) is 8.86. The van der Waals surface area contributed by atoms with Crippen molar-refractivity contribution in [1.82, 2.24) is 15.1 Å². The third-order valence-electron chi connectivity index (χ3n) is 5.31. The summed E-state index contributed by atoms with van der Waals surface area (Å²) in [6.07, 6.45) is 3.45. The van der Waals surface area contributed by atoms with Crippen LogP contribution in [0.1, 0.15) is 23.3 Å². The summed E-state index contributed by atoms with van der Waals surface area (Å²) in [5, 5.41) is 18.3. The smallest absolute Gasteiger partial charge is 0.272 e. The first-order valence-corrected chi connectivity index (χ1v) is 10.0. The van der Waals surface area contributed by atoms with Gasteiger partial charge in [0.15, 0.2) is 5.69 Å². The Morgan fingerprint density at radius 3 is 2.87 bits per heavy atom. The van der Waals surface area contributed by atoms with Crippen molar-refractivity contribution < 1.29 is 14.5 Å². The molecular weight excluding hydrogens is 398 g/mol. The third kappa shape index (κ3) is 4.50. The third-order valence-corrected chi connectivity index (χ3v) is 5.31. The number of nitro benzene ring substituents is 1. The molecule has 1 amide bonds. The average Bonchev–Trinajstić information content (AvgIpc) is 3.30. The Bertz CT molecular complexity index is 1100. The van der Waals surface area contributed by atoms with Gasteiger partial charge < -0.3 is 15.0 Å². The second-order valence-corrected chi connectivity index (χ2v) is 7.35. The summed E-state index contributed by atoms with van der Waals surface area (Å²) >= 11 is 0. The molecule has 1 fully saturated rings. The van der Waals surface area contributed by atoms with Gasteiger partial charge in [-0.05, 0) is 37.1 Å². The number of rotatable bonds is 6. The normalized spacial score (nSPS) is 16.0. The van der Waals surface area contributed by atoms with E-state index >= 15 is 0 Å². The Labute approximate surface area is 179 Å². The molecule has 9 heteroatoms. The molecule has 1 unspecified atom stereocenters. The van der Waals surface area contributed by atoms with Crippen LogP contribution in [-0.4, -0.2) is 46.9 Å². The number of hydrogen-bond donors (Lipinski definition) is 1. The van der Waals surface area contributed by atoms with Gasteiger partial charge >= 0.3 is 0 Å². The molecule has 0 bridgehead atoms. The van der Waals surface area contributed by atoms with Crippen LogP contribution in [0, 0.1) is 10.1 Å². The first-order chi connectivity index (χ1) is 15.0. The first kappa shape index (κ1) is 20.4. The molecule has 2 aromatic carbocycles. The van der Waals surface area contributed by atoms with Crippen LogP contribution in [0.15, 0.2) is 60.8 Å². The molecule has 0 saturated carbocycles. The largest absolute Gasteiger partial charge is 0.495 e. The molecule has 1 aromatic heterocycles. The fraction of sp³-hybridized carbons (Fsp3) is 0.273. The van der Waals surface area contributed by atoms with E-state index in [2.05, 4.69) is 15.3 Å². The van der Waals surface area contributed by atoms with E-state index in [1.165, 1.54) is 16.8 Å². The van der Waals surface area contributed by atoms with Gasteiger partial charge in [-0.15, -0.1) is 0 Å². The Balaban J connectivity index is 1.44. The van der Waals surface area contributed by atoms with E-state index in [9.17, 15) is 14.9 Å². The van der Waals surface area contributed by atoms with Gasteiger partial charge in [0.05, 0.1) is 23.4 Å². The van der Waals surface area contributed by atoms with Crippen molar-refractivity contribution in [3.63, 3.8) is 0 Å². The number of benzene rings is 2. The summed E-state index contributed by atoms with van der Waals surface area (Å²) in [5.74, 6) is 0.543.